The van der Waals surface area contributed by atoms with Crippen LogP contribution < -0.4 is 5.32 Å². The van der Waals surface area contributed by atoms with Gasteiger partial charge in [0.1, 0.15) is 0 Å². The van der Waals surface area contributed by atoms with Crippen LogP contribution in [0.5, 0.6) is 0 Å². The van der Waals surface area contributed by atoms with Gasteiger partial charge in [-0.3, -0.25) is 4.79 Å². The van der Waals surface area contributed by atoms with Crippen LogP contribution in [-0.4, -0.2) is 23.5 Å². The largest absolute Gasteiger partial charge is 0.478 e. The van der Waals surface area contributed by atoms with Crippen LogP contribution in [0.2, 0.25) is 0 Å². The summed E-state index contributed by atoms with van der Waals surface area (Å²) in [6, 6.07) is 1.74. The molecule has 3 atom stereocenters. The lowest BCUT2D eigenvalue weighted by Crippen LogP contribution is -2.31. The number of hydrogen-bond donors (Lipinski definition) is 2. The molecule has 5 heteroatoms. The van der Waals surface area contributed by atoms with E-state index >= 15 is 0 Å². The molecule has 2 N–H and O–H groups in total. The smallest absolute Gasteiger partial charge is 0.328 e. The van der Waals surface area contributed by atoms with Crippen molar-refractivity contribution in [3.8, 4) is 0 Å². The number of carboxylic acids is 1. The summed E-state index contributed by atoms with van der Waals surface area (Å²) in [4.78, 5) is 23.4. The Bertz CT molecular complexity index is 578. The van der Waals surface area contributed by atoms with Crippen LogP contribution in [0.15, 0.2) is 17.5 Å². The minimum Gasteiger partial charge on any atom is -0.478 e. The van der Waals surface area contributed by atoms with E-state index in [2.05, 4.69) is 5.32 Å². The van der Waals surface area contributed by atoms with Crippen LogP contribution in [0.1, 0.15) is 40.9 Å². The lowest BCUT2D eigenvalue weighted by Gasteiger charge is -2.21. The van der Waals surface area contributed by atoms with Crippen LogP contribution >= 0.6 is 11.3 Å². The lowest BCUT2D eigenvalue weighted by atomic mass is 9.89. The molecule has 1 heterocycles. The molecule has 2 bridgehead atoms. The molecule has 1 aromatic rings. The predicted molar refractivity (Wildman–Crippen MR) is 82.3 cm³/mol. The van der Waals surface area contributed by atoms with Gasteiger partial charge >= 0.3 is 5.97 Å². The molecule has 3 rings (SSSR count). The third-order valence-corrected chi connectivity index (χ3v) is 5.58. The summed E-state index contributed by atoms with van der Waals surface area (Å²) in [6.45, 7) is 0.774. The van der Waals surface area contributed by atoms with Crippen LogP contribution in [-0.2, 0) is 4.79 Å². The van der Waals surface area contributed by atoms with Crippen molar-refractivity contribution in [2.24, 2.45) is 17.8 Å². The number of aliphatic carboxylic acids is 1. The fraction of sp³-hybridized carbons (Fsp3) is 0.500. The Morgan fingerprint density at radius 3 is 2.90 bits per heavy atom. The van der Waals surface area contributed by atoms with Gasteiger partial charge in [0.05, 0.1) is 5.56 Å². The molecule has 0 aliphatic heterocycles. The summed E-state index contributed by atoms with van der Waals surface area (Å²) >= 11 is 1.38. The Kier molecular flexibility index (Phi) is 4.10. The summed E-state index contributed by atoms with van der Waals surface area (Å²) in [5.41, 5.74) is 0.619. The maximum Gasteiger partial charge on any atom is 0.328 e. The lowest BCUT2D eigenvalue weighted by molar-refractivity contribution is -0.131. The van der Waals surface area contributed by atoms with E-state index in [-0.39, 0.29) is 5.91 Å². The van der Waals surface area contributed by atoms with Crippen molar-refractivity contribution in [3.05, 3.63) is 28.0 Å². The first-order chi connectivity index (χ1) is 10.1. The molecule has 0 aromatic carbocycles. The van der Waals surface area contributed by atoms with Crippen LogP contribution in [0.25, 0.3) is 6.08 Å². The minimum atomic E-state index is -0.981. The number of nitrogens with one attached hydrogen (secondary N) is 1. The SMILES string of the molecule is O=C(O)C=Cc1cc(C(=O)NCC2CC3CCC2C3)cs1. The standard InChI is InChI=1S/C16H19NO3S/c18-15(19)4-3-14-7-13(9-21-14)16(20)17-8-12-6-10-1-2-11(12)5-10/h3-4,7,9-12H,1-2,5-6,8H2,(H,17,20)(H,18,19). The molecule has 1 aromatic heterocycles. The van der Waals surface area contributed by atoms with Crippen molar-refractivity contribution in [3.63, 3.8) is 0 Å². The number of thiophene rings is 1. The number of carbonyl (C=O) groups is 2. The van der Waals surface area contributed by atoms with Crippen molar-refractivity contribution in [2.75, 3.05) is 6.54 Å². The molecule has 0 radical (unpaired) electrons. The van der Waals surface area contributed by atoms with Crippen molar-refractivity contribution in [1.82, 2.24) is 5.32 Å². The van der Waals surface area contributed by atoms with Gasteiger partial charge in [-0.05, 0) is 49.2 Å². The summed E-state index contributed by atoms with van der Waals surface area (Å²) < 4.78 is 0. The first kappa shape index (κ1) is 14.3. The van der Waals surface area contributed by atoms with E-state index in [1.165, 1.54) is 43.1 Å². The van der Waals surface area contributed by atoms with Gasteiger partial charge in [-0.15, -0.1) is 11.3 Å². The summed E-state index contributed by atoms with van der Waals surface area (Å²) in [5, 5.41) is 13.4. The quantitative estimate of drug-likeness (QED) is 0.822. The molecule has 112 valence electrons. The monoisotopic (exact) mass is 305 g/mol. The highest BCUT2D eigenvalue weighted by atomic mass is 32.1. The van der Waals surface area contributed by atoms with Crippen molar-refractivity contribution >= 4 is 29.3 Å². The van der Waals surface area contributed by atoms with Gasteiger partial charge in [-0.2, -0.15) is 0 Å². The molecule has 2 aliphatic rings. The Morgan fingerprint density at radius 1 is 1.38 bits per heavy atom. The molecule has 2 saturated carbocycles. The molecule has 3 unspecified atom stereocenters. The van der Waals surface area contributed by atoms with Crippen LogP contribution in [0, 0.1) is 17.8 Å². The Morgan fingerprint density at radius 2 is 2.24 bits per heavy atom. The number of fused-ring (bicyclic) bond motifs is 2. The van der Waals surface area contributed by atoms with E-state index in [0.717, 1.165) is 29.3 Å². The highest BCUT2D eigenvalue weighted by Gasteiger charge is 2.39. The van der Waals surface area contributed by atoms with Gasteiger partial charge in [0.2, 0.25) is 0 Å². The molecular weight excluding hydrogens is 286 g/mol. The zero-order valence-electron chi connectivity index (χ0n) is 11.7. The number of hydrogen-bond acceptors (Lipinski definition) is 3. The Labute approximate surface area is 127 Å². The highest BCUT2D eigenvalue weighted by Crippen LogP contribution is 2.47. The second-order valence-corrected chi connectivity index (χ2v) is 7.00. The van der Waals surface area contributed by atoms with E-state index in [1.807, 2.05) is 0 Å². The van der Waals surface area contributed by atoms with Gasteiger partial charge in [-0.1, -0.05) is 6.42 Å². The molecule has 0 saturated heterocycles. The molecule has 4 nitrogen and oxygen atoms in total. The third-order valence-electron chi connectivity index (χ3n) is 4.68. The number of carbonyl (C=O) groups excluding carboxylic acids is 1. The Balaban J connectivity index is 1.52. The molecule has 2 fully saturated rings. The molecule has 0 spiro atoms. The van der Waals surface area contributed by atoms with Crippen LogP contribution in [0.3, 0.4) is 0 Å². The average molecular weight is 305 g/mol. The van der Waals surface area contributed by atoms with Crippen molar-refractivity contribution < 1.29 is 14.7 Å². The third kappa shape index (κ3) is 3.35. The second-order valence-electron chi connectivity index (χ2n) is 6.05. The average Bonchev–Trinajstić information content (AvgIpc) is 3.18. The Hall–Kier alpha value is -1.62. The van der Waals surface area contributed by atoms with Crippen molar-refractivity contribution in [1.29, 1.82) is 0 Å². The van der Waals surface area contributed by atoms with Crippen LogP contribution in [0.4, 0.5) is 0 Å². The summed E-state index contributed by atoms with van der Waals surface area (Å²) in [6.07, 6.45) is 7.92. The van der Waals surface area contributed by atoms with E-state index < -0.39 is 5.97 Å². The number of carboxylic acid groups (broad SMARTS) is 1. The highest BCUT2D eigenvalue weighted by molar-refractivity contribution is 7.11. The maximum absolute atomic E-state index is 12.1. The summed E-state index contributed by atoms with van der Waals surface area (Å²) in [7, 11) is 0. The fourth-order valence-corrected chi connectivity index (χ4v) is 4.44. The summed E-state index contributed by atoms with van der Waals surface area (Å²) in [5.74, 6) is 1.32. The number of rotatable bonds is 5. The second kappa shape index (κ2) is 6.02. The predicted octanol–water partition coefficient (Wildman–Crippen LogP) is 3.01. The van der Waals surface area contributed by atoms with Gasteiger partial charge in [-0.25, -0.2) is 4.79 Å². The zero-order valence-corrected chi connectivity index (χ0v) is 12.6. The van der Waals surface area contributed by atoms with E-state index in [0.29, 0.717) is 11.5 Å². The zero-order chi connectivity index (χ0) is 14.8. The fourth-order valence-electron chi connectivity index (χ4n) is 3.67. The first-order valence-electron chi connectivity index (χ1n) is 7.39. The van der Waals surface area contributed by atoms with E-state index in [4.69, 9.17) is 5.11 Å². The first-order valence-corrected chi connectivity index (χ1v) is 8.27. The van der Waals surface area contributed by atoms with Gasteiger partial charge in [0.15, 0.2) is 0 Å². The minimum absolute atomic E-state index is 0.0519. The maximum atomic E-state index is 12.1. The normalized spacial score (nSPS) is 27.3. The topological polar surface area (TPSA) is 66.4 Å². The van der Waals surface area contributed by atoms with Gasteiger partial charge in [0.25, 0.3) is 5.91 Å². The van der Waals surface area contributed by atoms with Crippen molar-refractivity contribution in [2.45, 2.75) is 25.7 Å². The molecule has 2 aliphatic carbocycles. The van der Waals surface area contributed by atoms with E-state index in [9.17, 15) is 9.59 Å². The molecule has 21 heavy (non-hydrogen) atoms. The molecule has 1 amide bonds. The van der Waals surface area contributed by atoms with Gasteiger partial charge < -0.3 is 10.4 Å². The molecular formula is C16H19NO3S. The number of amides is 1. The van der Waals surface area contributed by atoms with Gasteiger partial charge in [0, 0.05) is 22.9 Å². The van der Waals surface area contributed by atoms with E-state index in [1.54, 1.807) is 11.4 Å².